The first-order valence-electron chi connectivity index (χ1n) is 6.65. The molecular weight excluding hydrogens is 212 g/mol. The van der Waals surface area contributed by atoms with E-state index in [1.54, 1.807) is 0 Å². The van der Waals surface area contributed by atoms with Crippen LogP contribution in [-0.2, 0) is 17.8 Å². The van der Waals surface area contributed by atoms with Crippen molar-refractivity contribution in [1.82, 2.24) is 9.88 Å². The van der Waals surface area contributed by atoms with Gasteiger partial charge in [0.05, 0.1) is 6.61 Å². The number of rotatable bonds is 9. The molecule has 0 saturated heterocycles. The SMILES string of the molecule is CCCn1ccc(CNCCOCC(C)C)c1. The predicted octanol–water partition coefficient (Wildman–Crippen LogP) is 2.66. The molecule has 17 heavy (non-hydrogen) atoms. The van der Waals surface area contributed by atoms with E-state index >= 15 is 0 Å². The average molecular weight is 238 g/mol. The Labute approximate surface area is 105 Å². The van der Waals surface area contributed by atoms with Crippen molar-refractivity contribution < 1.29 is 4.74 Å². The number of aryl methyl sites for hydroxylation is 1. The standard InChI is InChI=1S/C14H26N2O/c1-4-7-16-8-5-14(11-16)10-15-6-9-17-12-13(2)3/h5,8,11,13,15H,4,6-7,9-10,12H2,1-3H3. The van der Waals surface area contributed by atoms with Crippen molar-refractivity contribution in [2.24, 2.45) is 5.92 Å². The van der Waals surface area contributed by atoms with Gasteiger partial charge in [0.15, 0.2) is 0 Å². The highest BCUT2D eigenvalue weighted by molar-refractivity contribution is 5.09. The third-order valence-electron chi connectivity index (χ3n) is 2.50. The quantitative estimate of drug-likeness (QED) is 0.669. The number of hydrogen-bond acceptors (Lipinski definition) is 2. The fourth-order valence-corrected chi connectivity index (χ4v) is 1.69. The van der Waals surface area contributed by atoms with Crippen LogP contribution in [0.3, 0.4) is 0 Å². The van der Waals surface area contributed by atoms with Gasteiger partial charge in [-0.1, -0.05) is 20.8 Å². The lowest BCUT2D eigenvalue weighted by atomic mass is 10.2. The maximum Gasteiger partial charge on any atom is 0.0591 e. The van der Waals surface area contributed by atoms with E-state index in [0.29, 0.717) is 5.92 Å². The second kappa shape index (κ2) is 8.31. The van der Waals surface area contributed by atoms with E-state index in [1.807, 2.05) is 0 Å². The lowest BCUT2D eigenvalue weighted by Gasteiger charge is -2.07. The third kappa shape index (κ3) is 6.49. The van der Waals surface area contributed by atoms with Gasteiger partial charge >= 0.3 is 0 Å². The molecule has 0 radical (unpaired) electrons. The first-order chi connectivity index (χ1) is 8.22. The average Bonchev–Trinajstić information content (AvgIpc) is 2.71. The van der Waals surface area contributed by atoms with Crippen molar-refractivity contribution in [2.75, 3.05) is 19.8 Å². The molecule has 1 rings (SSSR count). The summed E-state index contributed by atoms with van der Waals surface area (Å²) in [6.45, 7) is 11.2. The summed E-state index contributed by atoms with van der Waals surface area (Å²) in [6.07, 6.45) is 5.55. The number of nitrogens with zero attached hydrogens (tertiary/aromatic N) is 1. The second-order valence-corrected chi connectivity index (χ2v) is 4.90. The van der Waals surface area contributed by atoms with Crippen molar-refractivity contribution in [3.63, 3.8) is 0 Å². The van der Waals surface area contributed by atoms with Crippen LogP contribution in [0.4, 0.5) is 0 Å². The Morgan fingerprint density at radius 2 is 2.24 bits per heavy atom. The maximum atomic E-state index is 5.51. The van der Waals surface area contributed by atoms with Crippen LogP contribution in [0.2, 0.25) is 0 Å². The second-order valence-electron chi connectivity index (χ2n) is 4.90. The first kappa shape index (κ1) is 14.3. The molecule has 0 amide bonds. The summed E-state index contributed by atoms with van der Waals surface area (Å²) in [4.78, 5) is 0. The Morgan fingerprint density at radius 3 is 2.94 bits per heavy atom. The van der Waals surface area contributed by atoms with Gasteiger partial charge in [-0.15, -0.1) is 0 Å². The Bertz CT molecular complexity index is 294. The van der Waals surface area contributed by atoms with E-state index in [-0.39, 0.29) is 0 Å². The molecule has 0 aliphatic rings. The summed E-state index contributed by atoms with van der Waals surface area (Å²) in [5, 5.41) is 3.39. The Hall–Kier alpha value is -0.800. The molecule has 0 aromatic carbocycles. The fraction of sp³-hybridized carbons (Fsp3) is 0.714. The molecule has 0 atom stereocenters. The van der Waals surface area contributed by atoms with Crippen LogP contribution >= 0.6 is 0 Å². The van der Waals surface area contributed by atoms with E-state index in [0.717, 1.165) is 32.8 Å². The van der Waals surface area contributed by atoms with Crippen LogP contribution in [0.15, 0.2) is 18.5 Å². The zero-order valence-electron chi connectivity index (χ0n) is 11.4. The van der Waals surface area contributed by atoms with Crippen LogP contribution in [0, 0.1) is 5.92 Å². The molecular formula is C14H26N2O. The lowest BCUT2D eigenvalue weighted by molar-refractivity contribution is 0.111. The minimum Gasteiger partial charge on any atom is -0.380 e. The summed E-state index contributed by atoms with van der Waals surface area (Å²) in [5.41, 5.74) is 1.35. The normalized spacial score (nSPS) is 11.3. The predicted molar refractivity (Wildman–Crippen MR) is 72.1 cm³/mol. The summed E-state index contributed by atoms with van der Waals surface area (Å²) >= 11 is 0. The van der Waals surface area contributed by atoms with E-state index in [2.05, 4.69) is 49.1 Å². The first-order valence-corrected chi connectivity index (χ1v) is 6.65. The summed E-state index contributed by atoms with van der Waals surface area (Å²) in [5.74, 6) is 0.623. The zero-order valence-corrected chi connectivity index (χ0v) is 11.4. The lowest BCUT2D eigenvalue weighted by Crippen LogP contribution is -2.20. The fourth-order valence-electron chi connectivity index (χ4n) is 1.69. The van der Waals surface area contributed by atoms with Crippen molar-refractivity contribution >= 4 is 0 Å². The minimum atomic E-state index is 0.623. The summed E-state index contributed by atoms with van der Waals surface area (Å²) in [7, 11) is 0. The number of hydrogen-bond donors (Lipinski definition) is 1. The van der Waals surface area contributed by atoms with Gasteiger partial charge in [-0.25, -0.2) is 0 Å². The van der Waals surface area contributed by atoms with Crippen LogP contribution in [0.1, 0.15) is 32.8 Å². The largest absolute Gasteiger partial charge is 0.380 e. The molecule has 1 N–H and O–H groups in total. The summed E-state index contributed by atoms with van der Waals surface area (Å²) in [6, 6.07) is 2.18. The Balaban J connectivity index is 2.05. The topological polar surface area (TPSA) is 26.2 Å². The van der Waals surface area contributed by atoms with Crippen LogP contribution in [0.25, 0.3) is 0 Å². The van der Waals surface area contributed by atoms with Crippen LogP contribution < -0.4 is 5.32 Å². The van der Waals surface area contributed by atoms with Crippen molar-refractivity contribution in [2.45, 2.75) is 40.3 Å². The van der Waals surface area contributed by atoms with Crippen molar-refractivity contribution in [3.05, 3.63) is 24.0 Å². The number of aromatic nitrogens is 1. The molecule has 0 spiro atoms. The highest BCUT2D eigenvalue weighted by atomic mass is 16.5. The van der Waals surface area contributed by atoms with E-state index in [9.17, 15) is 0 Å². The van der Waals surface area contributed by atoms with Crippen molar-refractivity contribution in [3.8, 4) is 0 Å². The van der Waals surface area contributed by atoms with Crippen molar-refractivity contribution in [1.29, 1.82) is 0 Å². The zero-order chi connectivity index (χ0) is 12.5. The molecule has 0 aliphatic carbocycles. The van der Waals surface area contributed by atoms with E-state index < -0.39 is 0 Å². The molecule has 0 fully saturated rings. The van der Waals surface area contributed by atoms with Gasteiger partial charge in [-0.3, -0.25) is 0 Å². The van der Waals surface area contributed by atoms with Gasteiger partial charge < -0.3 is 14.6 Å². The highest BCUT2D eigenvalue weighted by Crippen LogP contribution is 2.01. The number of nitrogens with one attached hydrogen (secondary N) is 1. The van der Waals surface area contributed by atoms with E-state index in [4.69, 9.17) is 4.74 Å². The van der Waals surface area contributed by atoms with Gasteiger partial charge in [0.2, 0.25) is 0 Å². The van der Waals surface area contributed by atoms with Gasteiger partial charge in [0.25, 0.3) is 0 Å². The van der Waals surface area contributed by atoms with Gasteiger partial charge in [0.1, 0.15) is 0 Å². The van der Waals surface area contributed by atoms with Gasteiger partial charge in [0, 0.05) is 38.6 Å². The maximum absolute atomic E-state index is 5.51. The molecule has 0 aliphatic heterocycles. The molecule has 3 heteroatoms. The number of ether oxygens (including phenoxy) is 1. The van der Waals surface area contributed by atoms with E-state index in [1.165, 1.54) is 12.0 Å². The monoisotopic (exact) mass is 238 g/mol. The molecule has 1 heterocycles. The van der Waals surface area contributed by atoms with Gasteiger partial charge in [-0.2, -0.15) is 0 Å². The molecule has 0 bridgehead atoms. The highest BCUT2D eigenvalue weighted by Gasteiger charge is 1.97. The smallest absolute Gasteiger partial charge is 0.0591 e. The Morgan fingerprint density at radius 1 is 1.41 bits per heavy atom. The molecule has 98 valence electrons. The molecule has 1 aromatic heterocycles. The molecule has 0 unspecified atom stereocenters. The van der Waals surface area contributed by atoms with Gasteiger partial charge in [-0.05, 0) is 24.0 Å². The third-order valence-corrected chi connectivity index (χ3v) is 2.50. The minimum absolute atomic E-state index is 0.623. The molecule has 1 aromatic rings. The molecule has 3 nitrogen and oxygen atoms in total. The molecule has 0 saturated carbocycles. The van der Waals surface area contributed by atoms with Crippen LogP contribution in [-0.4, -0.2) is 24.3 Å². The van der Waals surface area contributed by atoms with Crippen LogP contribution in [0.5, 0.6) is 0 Å². The summed E-state index contributed by atoms with van der Waals surface area (Å²) < 4.78 is 7.75. The Kier molecular flexibility index (Phi) is 6.97.